The van der Waals surface area contributed by atoms with E-state index in [4.69, 9.17) is 0 Å². The van der Waals surface area contributed by atoms with E-state index in [1.54, 1.807) is 24.4 Å². The Balaban J connectivity index is 1.66. The topological polar surface area (TPSA) is 112 Å². The summed E-state index contributed by atoms with van der Waals surface area (Å²) in [6.07, 6.45) is 1.68. The Bertz CT molecular complexity index is 974. The largest absolute Gasteiger partial charge is 0.321 e. The second kappa shape index (κ2) is 5.34. The van der Waals surface area contributed by atoms with Crippen LogP contribution in [0.5, 0.6) is 0 Å². The first-order valence-corrected chi connectivity index (χ1v) is 6.88. The molecule has 8 heteroatoms. The number of carbonyl (C=O) groups excluding carboxylic acids is 1. The van der Waals surface area contributed by atoms with Crippen LogP contribution in [0.4, 0.5) is 5.69 Å². The van der Waals surface area contributed by atoms with Gasteiger partial charge in [-0.3, -0.25) is 9.89 Å². The molecule has 0 spiro atoms. The number of hydrogen-bond acceptors (Lipinski definition) is 5. The van der Waals surface area contributed by atoms with Gasteiger partial charge in [-0.15, -0.1) is 10.2 Å². The minimum atomic E-state index is -0.218. The van der Waals surface area contributed by atoms with Gasteiger partial charge in [0.15, 0.2) is 0 Å². The first-order valence-electron chi connectivity index (χ1n) is 6.88. The first kappa shape index (κ1) is 13.1. The third-order valence-corrected chi connectivity index (χ3v) is 3.46. The van der Waals surface area contributed by atoms with Crippen molar-refractivity contribution in [2.24, 2.45) is 0 Å². The summed E-state index contributed by atoms with van der Waals surface area (Å²) in [4.78, 5) is 12.5. The summed E-state index contributed by atoms with van der Waals surface area (Å²) in [7, 11) is 0. The number of nitrogens with one attached hydrogen (secondary N) is 3. The predicted octanol–water partition coefficient (Wildman–Crippen LogP) is 2.00. The van der Waals surface area contributed by atoms with E-state index < -0.39 is 0 Å². The van der Waals surface area contributed by atoms with E-state index in [2.05, 4.69) is 36.1 Å². The molecule has 0 saturated carbocycles. The van der Waals surface area contributed by atoms with Gasteiger partial charge in [-0.05, 0) is 35.5 Å². The zero-order valence-electron chi connectivity index (χ0n) is 11.8. The summed E-state index contributed by atoms with van der Waals surface area (Å²) in [6, 6.07) is 12.6. The molecule has 0 bridgehead atoms. The van der Waals surface area contributed by atoms with Crippen LogP contribution in [0.1, 0.15) is 10.4 Å². The zero-order chi connectivity index (χ0) is 15.6. The van der Waals surface area contributed by atoms with Gasteiger partial charge >= 0.3 is 0 Å². The van der Waals surface area contributed by atoms with Crippen molar-refractivity contribution in [3.05, 3.63) is 54.2 Å². The Morgan fingerprint density at radius 1 is 1.13 bits per heavy atom. The summed E-state index contributed by atoms with van der Waals surface area (Å²) < 4.78 is 0. The van der Waals surface area contributed by atoms with Gasteiger partial charge in [0.05, 0.1) is 17.4 Å². The molecular formula is C15H11N7O. The summed E-state index contributed by atoms with van der Waals surface area (Å²) in [5.41, 5.74) is 2.74. The molecule has 3 N–H and O–H groups in total. The molecule has 0 atom stereocenters. The fourth-order valence-electron chi connectivity index (χ4n) is 2.34. The normalized spacial score (nSPS) is 10.8. The van der Waals surface area contributed by atoms with E-state index in [1.807, 2.05) is 24.3 Å². The van der Waals surface area contributed by atoms with Crippen LogP contribution in [0.15, 0.2) is 48.7 Å². The number of rotatable bonds is 3. The van der Waals surface area contributed by atoms with Crippen molar-refractivity contribution in [3.63, 3.8) is 0 Å². The third-order valence-electron chi connectivity index (χ3n) is 3.46. The second-order valence-electron chi connectivity index (χ2n) is 4.91. The van der Waals surface area contributed by atoms with Crippen LogP contribution in [-0.2, 0) is 0 Å². The number of amides is 1. The van der Waals surface area contributed by atoms with Crippen molar-refractivity contribution in [2.45, 2.75) is 0 Å². The van der Waals surface area contributed by atoms with Crippen molar-refractivity contribution in [1.82, 2.24) is 30.8 Å². The molecule has 0 unspecified atom stereocenters. The summed E-state index contributed by atoms with van der Waals surface area (Å²) in [5, 5.41) is 24.4. The standard InChI is InChI=1S/C15H11N7O/c23-15(9-5-6-12-10(7-9)8-16-18-12)17-13-4-2-1-3-11(13)14-19-21-22-20-14/h1-8H,(H,16,18)(H,17,23)(H,19,20,21,22). The average molecular weight is 305 g/mol. The number of carbonyl (C=O) groups is 1. The minimum Gasteiger partial charge on any atom is -0.321 e. The van der Waals surface area contributed by atoms with E-state index >= 15 is 0 Å². The fourth-order valence-corrected chi connectivity index (χ4v) is 2.34. The fraction of sp³-hybridized carbons (Fsp3) is 0. The van der Waals surface area contributed by atoms with Crippen molar-refractivity contribution < 1.29 is 4.79 Å². The van der Waals surface area contributed by atoms with Crippen LogP contribution in [0.2, 0.25) is 0 Å². The summed E-state index contributed by atoms with van der Waals surface area (Å²) in [6.45, 7) is 0. The molecule has 23 heavy (non-hydrogen) atoms. The lowest BCUT2D eigenvalue weighted by molar-refractivity contribution is 0.102. The van der Waals surface area contributed by atoms with Crippen LogP contribution >= 0.6 is 0 Å². The van der Waals surface area contributed by atoms with E-state index in [9.17, 15) is 4.79 Å². The van der Waals surface area contributed by atoms with Crippen LogP contribution in [0.25, 0.3) is 22.3 Å². The molecule has 0 radical (unpaired) electrons. The summed E-state index contributed by atoms with van der Waals surface area (Å²) in [5.74, 6) is 0.204. The Kier molecular flexibility index (Phi) is 3.05. The molecule has 2 heterocycles. The molecule has 0 saturated heterocycles. The average Bonchev–Trinajstić information content (AvgIpc) is 3.26. The van der Waals surface area contributed by atoms with Crippen molar-refractivity contribution in [1.29, 1.82) is 0 Å². The molecule has 4 rings (SSSR count). The maximum absolute atomic E-state index is 12.5. The quantitative estimate of drug-likeness (QED) is 0.536. The smallest absolute Gasteiger partial charge is 0.255 e. The molecule has 0 aliphatic carbocycles. The third kappa shape index (κ3) is 2.42. The maximum Gasteiger partial charge on any atom is 0.255 e. The van der Waals surface area contributed by atoms with Gasteiger partial charge in [0.1, 0.15) is 0 Å². The highest BCUT2D eigenvalue weighted by Gasteiger charge is 2.13. The minimum absolute atomic E-state index is 0.218. The highest BCUT2D eigenvalue weighted by Crippen LogP contribution is 2.24. The second-order valence-corrected chi connectivity index (χ2v) is 4.91. The lowest BCUT2D eigenvalue weighted by Gasteiger charge is -2.08. The number of para-hydroxylation sites is 1. The number of hydrogen-bond donors (Lipinski definition) is 3. The Hall–Kier alpha value is -3.55. The highest BCUT2D eigenvalue weighted by molar-refractivity contribution is 6.07. The molecule has 0 aliphatic heterocycles. The van der Waals surface area contributed by atoms with Gasteiger partial charge in [0.2, 0.25) is 5.82 Å². The van der Waals surface area contributed by atoms with Gasteiger partial charge in [0.25, 0.3) is 5.91 Å². The van der Waals surface area contributed by atoms with Gasteiger partial charge in [-0.25, -0.2) is 0 Å². The molecule has 112 valence electrons. The van der Waals surface area contributed by atoms with Gasteiger partial charge in [-0.2, -0.15) is 10.3 Å². The van der Waals surface area contributed by atoms with Crippen LogP contribution in [0.3, 0.4) is 0 Å². The SMILES string of the molecule is O=C(Nc1ccccc1-c1nn[nH]n1)c1ccc2[nH]ncc2c1. The van der Waals surface area contributed by atoms with Gasteiger partial charge < -0.3 is 5.32 Å². The summed E-state index contributed by atoms with van der Waals surface area (Å²) >= 11 is 0. The van der Waals surface area contributed by atoms with Crippen LogP contribution in [-0.4, -0.2) is 36.7 Å². The number of tetrazole rings is 1. The number of benzene rings is 2. The Labute approximate surface area is 129 Å². The molecule has 0 aliphatic rings. The number of H-pyrrole nitrogens is 2. The molecule has 2 aromatic heterocycles. The number of aromatic amines is 2. The predicted molar refractivity (Wildman–Crippen MR) is 83.7 cm³/mol. The monoisotopic (exact) mass is 305 g/mol. The van der Waals surface area contributed by atoms with Crippen LogP contribution < -0.4 is 5.32 Å². The molecule has 0 fully saturated rings. The maximum atomic E-state index is 12.5. The number of aromatic nitrogens is 6. The lowest BCUT2D eigenvalue weighted by atomic mass is 10.1. The molecular weight excluding hydrogens is 294 g/mol. The molecule has 4 aromatic rings. The Morgan fingerprint density at radius 2 is 2.04 bits per heavy atom. The van der Waals surface area contributed by atoms with E-state index in [0.29, 0.717) is 22.6 Å². The number of anilines is 1. The highest BCUT2D eigenvalue weighted by atomic mass is 16.1. The number of nitrogens with zero attached hydrogens (tertiary/aromatic N) is 4. The first-order chi connectivity index (χ1) is 11.3. The number of fused-ring (bicyclic) bond motifs is 1. The zero-order valence-corrected chi connectivity index (χ0v) is 11.8. The molecule has 1 amide bonds. The molecule has 2 aromatic carbocycles. The van der Waals surface area contributed by atoms with E-state index in [0.717, 1.165) is 10.9 Å². The molecule has 8 nitrogen and oxygen atoms in total. The Morgan fingerprint density at radius 3 is 2.91 bits per heavy atom. The van der Waals surface area contributed by atoms with Crippen LogP contribution in [0, 0.1) is 0 Å². The van der Waals surface area contributed by atoms with Gasteiger partial charge in [-0.1, -0.05) is 12.1 Å². The van der Waals surface area contributed by atoms with Crippen molar-refractivity contribution in [3.8, 4) is 11.4 Å². The van der Waals surface area contributed by atoms with Gasteiger partial charge in [0, 0.05) is 16.5 Å². The van der Waals surface area contributed by atoms with Crippen molar-refractivity contribution >= 4 is 22.5 Å². The van der Waals surface area contributed by atoms with E-state index in [1.165, 1.54) is 0 Å². The van der Waals surface area contributed by atoms with Crippen molar-refractivity contribution in [2.75, 3.05) is 5.32 Å². The van der Waals surface area contributed by atoms with E-state index in [-0.39, 0.29) is 5.91 Å². The lowest BCUT2D eigenvalue weighted by Crippen LogP contribution is -2.12.